The minimum atomic E-state index is 0. The molecule has 0 heterocycles. The first kappa shape index (κ1) is 23.8. The Morgan fingerprint density at radius 3 is 1.40 bits per heavy atom. The van der Waals surface area contributed by atoms with E-state index < -0.39 is 0 Å². The molecule has 0 aliphatic heterocycles. The van der Waals surface area contributed by atoms with E-state index in [1.54, 1.807) is 0 Å². The molecule has 0 aliphatic rings. The van der Waals surface area contributed by atoms with E-state index in [0.717, 1.165) is 0 Å². The van der Waals surface area contributed by atoms with Crippen LogP contribution in [0.4, 0.5) is 0 Å². The Balaban J connectivity index is -0.000000000500. The van der Waals surface area contributed by atoms with Crippen molar-refractivity contribution in [1.29, 1.82) is 0 Å². The summed E-state index contributed by atoms with van der Waals surface area (Å²) in [6, 6.07) is 0. The zero-order valence-electron chi connectivity index (χ0n) is 4.56. The van der Waals surface area contributed by atoms with Crippen molar-refractivity contribution in [2.24, 2.45) is 0 Å². The van der Waals surface area contributed by atoms with E-state index in [1.165, 1.54) is 0 Å². The molecule has 0 saturated heterocycles. The summed E-state index contributed by atoms with van der Waals surface area (Å²) in [6.45, 7) is 0. The monoisotopic (exact) mass is 473 g/mol. The maximum atomic E-state index is 8.26. The molecule has 5 heteroatoms. The van der Waals surface area contributed by atoms with Crippen molar-refractivity contribution in [1.82, 2.24) is 0 Å². The van der Waals surface area contributed by atoms with E-state index >= 15 is 0 Å². The predicted molar refractivity (Wildman–Crippen MR) is 17.2 cm³/mol. The third kappa shape index (κ3) is 18.7. The van der Waals surface area contributed by atoms with Crippen LogP contribution in [0, 0.1) is 0 Å². The molecular weight excluding hydrogens is 466 g/mol. The van der Waals surface area contributed by atoms with E-state index in [4.69, 9.17) is 3.40 Å². The van der Waals surface area contributed by atoms with Gasteiger partial charge in [-0.3, -0.25) is 0 Å². The van der Waals surface area contributed by atoms with E-state index in [1.807, 2.05) is 0 Å². The molecule has 0 spiro atoms. The molecule has 3 radical (unpaired) electrons. The van der Waals surface area contributed by atoms with Crippen LogP contribution in [0.1, 0.15) is 2.85 Å². The minimum Gasteiger partial charge on any atom is 2.00 e. The van der Waals surface area contributed by atoms with Gasteiger partial charge in [0, 0.05) is 16.8 Å². The third-order valence-electron chi connectivity index (χ3n) is 0. The van der Waals surface area contributed by atoms with Gasteiger partial charge in [0.2, 0.25) is 0 Å². The Kier molecular flexibility index (Phi) is 125. The molecule has 0 atom stereocenters. The fourth-order valence-electron chi connectivity index (χ4n) is 0. The average molecular weight is 470 g/mol. The van der Waals surface area contributed by atoms with Gasteiger partial charge in [-0.15, -0.1) is 0 Å². The third-order valence-corrected chi connectivity index (χ3v) is 0. The molecule has 0 aromatic heterocycles. The van der Waals surface area contributed by atoms with E-state index in [9.17, 15) is 0 Å². The summed E-state index contributed by atoms with van der Waals surface area (Å²) >= 11 is 0.700. The summed E-state index contributed by atoms with van der Waals surface area (Å²) in [4.78, 5) is 0. The quantitative estimate of drug-likeness (QED) is 0.408. The van der Waals surface area contributed by atoms with Gasteiger partial charge in [-0.1, -0.05) is 0 Å². The van der Waals surface area contributed by atoms with Crippen LogP contribution in [0.15, 0.2) is 0 Å². The van der Waals surface area contributed by atoms with Gasteiger partial charge in [0.1, 0.15) is 0 Å². The van der Waals surface area contributed by atoms with Gasteiger partial charge in [-0.25, -0.2) is 0 Å². The summed E-state index contributed by atoms with van der Waals surface area (Å²) in [6.07, 6.45) is 0. The molecule has 0 aromatic carbocycles. The fraction of sp³-hybridized carbons (Fsp3) is 0. The molecule has 31 valence electrons. The van der Waals surface area contributed by atoms with Crippen molar-refractivity contribution in [3.63, 3.8) is 0 Å². The van der Waals surface area contributed by atoms with Crippen molar-refractivity contribution in [3.05, 3.63) is 0 Å². The molecule has 0 fully saturated rings. The van der Waals surface area contributed by atoms with Crippen LogP contribution in [0.2, 0.25) is 0 Å². The molecule has 0 aliphatic carbocycles. The number of hydrogen-bond donors (Lipinski definition) is 0. The maximum Gasteiger partial charge on any atom is 2.00 e. The van der Waals surface area contributed by atoms with Crippen LogP contribution in [-0.2, 0) is 40.0 Å². The normalized spacial score (nSPS) is 0.800. The van der Waals surface area contributed by atoms with Gasteiger partial charge in [0.15, 0.2) is 0 Å². The van der Waals surface area contributed by atoms with Crippen molar-refractivity contribution >= 4 is 72.8 Å². The maximum absolute atomic E-state index is 8.26. The van der Waals surface area contributed by atoms with E-state index in [-0.39, 0.29) is 92.4 Å². The molecule has 1 nitrogen and oxygen atoms in total. The molecular formula is H4CoMoOPbSr. The largest absolute Gasteiger partial charge is 2.00 e. The van der Waals surface area contributed by atoms with Crippen molar-refractivity contribution in [2.75, 3.05) is 0 Å². The molecule has 0 rings (SSSR count). The van der Waals surface area contributed by atoms with Gasteiger partial charge in [0.05, 0.1) is 0 Å². The molecule has 0 N–H and O–H groups in total. The van der Waals surface area contributed by atoms with Crippen LogP contribution in [0.3, 0.4) is 0 Å². The van der Waals surface area contributed by atoms with Crippen LogP contribution in [0.25, 0.3) is 0 Å². The Hall–Kier alpha value is 3.40. The van der Waals surface area contributed by atoms with Crippen molar-refractivity contribution < 1.29 is 42.8 Å². The zero-order valence-corrected chi connectivity index (χ0v) is 14.6. The average Bonchev–Trinajstić information content (AvgIpc) is 1.00. The zero-order chi connectivity index (χ0) is 2.00. The van der Waals surface area contributed by atoms with Crippen LogP contribution in [0.5, 0.6) is 0 Å². The summed E-state index contributed by atoms with van der Waals surface area (Å²) in [5.41, 5.74) is 0. The Morgan fingerprint density at radius 2 is 1.40 bits per heavy atom. The predicted octanol–water partition coefficient (Wildman–Crippen LogP) is -1.20. The van der Waals surface area contributed by atoms with E-state index in [2.05, 4.69) is 0 Å². The SMILES string of the molecule is [Co].[H-].[H-].[O]=[Mo].[PbH2].[Sr+2]. The summed E-state index contributed by atoms with van der Waals surface area (Å²) < 4.78 is 8.26. The van der Waals surface area contributed by atoms with Gasteiger partial charge in [0.25, 0.3) is 0 Å². The van der Waals surface area contributed by atoms with Crippen LogP contribution < -0.4 is 0 Å². The van der Waals surface area contributed by atoms with Crippen LogP contribution in [-0.4, -0.2) is 72.8 Å². The first-order valence-corrected chi connectivity index (χ1v) is 0.986. The molecule has 0 bridgehead atoms. The Morgan fingerprint density at radius 1 is 1.40 bits per heavy atom. The smallest absolute Gasteiger partial charge is 2.00 e. The molecule has 0 saturated carbocycles. The minimum absolute atomic E-state index is 0. The van der Waals surface area contributed by atoms with Crippen molar-refractivity contribution in [2.45, 2.75) is 0 Å². The van der Waals surface area contributed by atoms with Crippen LogP contribution >= 0.6 is 0 Å². The standard InChI is InChI=1S/Co.Mo.O.Pb.Sr.4H/q;;;;+2;;;2*-1. The second-order valence-electron chi connectivity index (χ2n) is 0. The molecule has 0 unspecified atom stereocenters. The fourth-order valence-corrected chi connectivity index (χ4v) is 0. The first-order chi connectivity index (χ1) is 1.00. The van der Waals surface area contributed by atoms with E-state index in [0.29, 0.717) is 19.8 Å². The Bertz CT molecular complexity index is 17.7. The molecule has 0 amide bonds. The number of hydrogen-bond acceptors (Lipinski definition) is 1. The molecule has 0 aromatic rings. The van der Waals surface area contributed by atoms with Gasteiger partial charge < -0.3 is 2.85 Å². The van der Waals surface area contributed by atoms with Gasteiger partial charge in [-0.2, -0.15) is 0 Å². The second kappa shape index (κ2) is 26.2. The summed E-state index contributed by atoms with van der Waals surface area (Å²) in [7, 11) is 0. The summed E-state index contributed by atoms with van der Waals surface area (Å²) in [5, 5.41) is 0. The van der Waals surface area contributed by atoms with Gasteiger partial charge in [-0.05, 0) is 0 Å². The second-order valence-corrected chi connectivity index (χ2v) is 0. The van der Waals surface area contributed by atoms with Crippen molar-refractivity contribution in [3.8, 4) is 0 Å². The van der Waals surface area contributed by atoms with Gasteiger partial charge >= 0.3 is 96.0 Å². The Labute approximate surface area is 113 Å². The molecule has 5 heavy (non-hydrogen) atoms. The summed E-state index contributed by atoms with van der Waals surface area (Å²) in [5.74, 6) is 0. The first-order valence-electron chi connectivity index (χ1n) is 0.167. The topological polar surface area (TPSA) is 17.1 Å². The number of rotatable bonds is 0.